The number of fused-ring (bicyclic) bond motifs is 1. The highest BCUT2D eigenvalue weighted by Gasteiger charge is 2.44. The number of benzene rings is 2. The van der Waals surface area contributed by atoms with E-state index in [1.807, 2.05) is 31.3 Å². The summed E-state index contributed by atoms with van der Waals surface area (Å²) < 4.78 is 21.7. The van der Waals surface area contributed by atoms with Crippen LogP contribution in [0.1, 0.15) is 47.4 Å². The Morgan fingerprint density at radius 1 is 0.974 bits per heavy atom. The standard InChI is InChI=1S/C24H27NO2S.C7H12O3/c1-18-5-6-20(17-26)14-22(18)15-23-7-8-24(28-23)21-4-2-3-19(13-21)16-25-9-11-27-12-10-25;1-7(2)9-5-3-4-8-6(5)10-7/h2-8,13-14,26H,9-12,15-17H2,1H3;5-6H,3-4H2,1-2H3. The summed E-state index contributed by atoms with van der Waals surface area (Å²) in [4.78, 5) is 5.13. The molecule has 2 atom stereocenters. The number of aliphatic hydroxyl groups excluding tert-OH is 1. The van der Waals surface area contributed by atoms with E-state index in [2.05, 4.69) is 60.4 Å². The molecule has 7 heteroatoms. The highest BCUT2D eigenvalue weighted by atomic mass is 32.1. The lowest BCUT2D eigenvalue weighted by Crippen LogP contribution is -2.35. The van der Waals surface area contributed by atoms with Crippen LogP contribution in [0.15, 0.2) is 54.6 Å². The molecule has 3 saturated heterocycles. The number of morpholine rings is 1. The van der Waals surface area contributed by atoms with Crippen molar-refractivity contribution in [2.24, 2.45) is 0 Å². The average Bonchev–Trinajstić information content (AvgIpc) is 3.62. The average molecular weight is 538 g/mol. The predicted octanol–water partition coefficient (Wildman–Crippen LogP) is 5.52. The van der Waals surface area contributed by atoms with Gasteiger partial charge in [0.1, 0.15) is 6.10 Å². The number of ether oxygens (including phenoxy) is 4. The lowest BCUT2D eigenvalue weighted by atomic mass is 10.0. The third-order valence-corrected chi connectivity index (χ3v) is 8.30. The van der Waals surface area contributed by atoms with Gasteiger partial charge in [-0.2, -0.15) is 0 Å². The summed E-state index contributed by atoms with van der Waals surface area (Å²) in [6, 6.07) is 19.6. The van der Waals surface area contributed by atoms with Gasteiger partial charge in [0, 0.05) is 42.2 Å². The van der Waals surface area contributed by atoms with Gasteiger partial charge in [-0.1, -0.05) is 36.4 Å². The molecule has 0 saturated carbocycles. The normalized spacial score (nSPS) is 22.6. The van der Waals surface area contributed by atoms with Gasteiger partial charge in [-0.3, -0.25) is 4.90 Å². The summed E-state index contributed by atoms with van der Waals surface area (Å²) in [6.07, 6.45) is 1.95. The zero-order chi connectivity index (χ0) is 26.5. The quantitative estimate of drug-likeness (QED) is 0.447. The number of aliphatic hydroxyl groups is 1. The fraction of sp³-hybridized carbons (Fsp3) is 0.484. The van der Waals surface area contributed by atoms with E-state index in [4.69, 9.17) is 18.9 Å². The zero-order valence-corrected chi connectivity index (χ0v) is 23.5. The fourth-order valence-corrected chi connectivity index (χ4v) is 6.14. The van der Waals surface area contributed by atoms with Crippen molar-refractivity contribution in [3.05, 3.63) is 81.7 Å². The van der Waals surface area contributed by atoms with E-state index in [9.17, 15) is 5.11 Å². The molecule has 6 rings (SSSR count). The number of hydrogen-bond donors (Lipinski definition) is 1. The summed E-state index contributed by atoms with van der Waals surface area (Å²) in [5.74, 6) is -0.435. The zero-order valence-electron chi connectivity index (χ0n) is 22.7. The van der Waals surface area contributed by atoms with Crippen molar-refractivity contribution in [2.45, 2.75) is 64.9 Å². The minimum atomic E-state index is -0.435. The summed E-state index contributed by atoms with van der Waals surface area (Å²) >= 11 is 1.86. The van der Waals surface area contributed by atoms with Gasteiger partial charge in [-0.05, 0) is 66.8 Å². The van der Waals surface area contributed by atoms with Gasteiger partial charge in [0.25, 0.3) is 0 Å². The molecule has 0 radical (unpaired) electrons. The molecule has 3 aromatic rings. The molecule has 0 spiro atoms. The Morgan fingerprint density at radius 2 is 1.82 bits per heavy atom. The number of thiophene rings is 1. The second-order valence-corrected chi connectivity index (χ2v) is 11.8. The van der Waals surface area contributed by atoms with E-state index in [1.165, 1.54) is 32.0 Å². The van der Waals surface area contributed by atoms with E-state index in [0.29, 0.717) is 0 Å². The number of nitrogens with zero attached hydrogens (tertiary/aromatic N) is 1. The molecule has 6 nitrogen and oxygen atoms in total. The van der Waals surface area contributed by atoms with Crippen LogP contribution in [0.4, 0.5) is 0 Å². The number of aryl methyl sites for hydroxylation is 1. The minimum absolute atomic E-state index is 0.0961. The predicted molar refractivity (Wildman–Crippen MR) is 150 cm³/mol. The van der Waals surface area contributed by atoms with Gasteiger partial charge >= 0.3 is 0 Å². The molecule has 1 aromatic heterocycles. The van der Waals surface area contributed by atoms with Crippen LogP contribution >= 0.6 is 11.3 Å². The Kier molecular flexibility index (Phi) is 8.95. The maximum absolute atomic E-state index is 9.41. The summed E-state index contributed by atoms with van der Waals surface area (Å²) in [6.45, 7) is 11.5. The van der Waals surface area contributed by atoms with Gasteiger partial charge in [0.15, 0.2) is 12.1 Å². The maximum Gasteiger partial charge on any atom is 0.187 e. The van der Waals surface area contributed by atoms with E-state index in [-0.39, 0.29) is 19.0 Å². The Hall–Kier alpha value is -2.10. The van der Waals surface area contributed by atoms with Crippen LogP contribution < -0.4 is 0 Å². The molecule has 2 unspecified atom stereocenters. The molecule has 204 valence electrons. The van der Waals surface area contributed by atoms with Crippen LogP contribution in [-0.4, -0.2) is 61.1 Å². The minimum Gasteiger partial charge on any atom is -0.392 e. The topological polar surface area (TPSA) is 60.4 Å². The largest absolute Gasteiger partial charge is 0.392 e. The van der Waals surface area contributed by atoms with E-state index < -0.39 is 5.79 Å². The highest BCUT2D eigenvalue weighted by Crippen LogP contribution is 2.34. The first-order valence-corrected chi connectivity index (χ1v) is 14.3. The van der Waals surface area contributed by atoms with E-state index in [0.717, 1.165) is 57.9 Å². The molecule has 0 bridgehead atoms. The van der Waals surface area contributed by atoms with Crippen LogP contribution in [0.5, 0.6) is 0 Å². The molecule has 1 N–H and O–H groups in total. The first-order chi connectivity index (χ1) is 18.4. The Bertz CT molecular complexity index is 1190. The monoisotopic (exact) mass is 537 g/mol. The summed E-state index contributed by atoms with van der Waals surface area (Å²) in [5, 5.41) is 9.41. The molecular formula is C31H39NO5S. The van der Waals surface area contributed by atoms with Crippen molar-refractivity contribution >= 4 is 11.3 Å². The lowest BCUT2D eigenvalue weighted by Gasteiger charge is -2.26. The van der Waals surface area contributed by atoms with Gasteiger partial charge in [0.05, 0.1) is 26.4 Å². The fourth-order valence-electron chi connectivity index (χ4n) is 5.11. The SMILES string of the molecule is CC1(C)OC2CCOC2O1.Cc1ccc(CO)cc1Cc1ccc(-c2cccc(CN3CCOCC3)c2)s1. The van der Waals surface area contributed by atoms with Crippen molar-refractivity contribution in [1.29, 1.82) is 0 Å². The van der Waals surface area contributed by atoms with Crippen molar-refractivity contribution in [3.63, 3.8) is 0 Å². The van der Waals surface area contributed by atoms with Gasteiger partial charge in [0.2, 0.25) is 0 Å². The molecule has 0 aliphatic carbocycles. The Balaban J connectivity index is 0.000000244. The molecule has 4 heterocycles. The molecule has 3 aliphatic heterocycles. The van der Waals surface area contributed by atoms with E-state index in [1.54, 1.807) is 0 Å². The summed E-state index contributed by atoms with van der Waals surface area (Å²) in [5.41, 5.74) is 6.21. The second-order valence-electron chi connectivity index (χ2n) is 10.7. The van der Waals surface area contributed by atoms with Crippen molar-refractivity contribution in [3.8, 4) is 10.4 Å². The van der Waals surface area contributed by atoms with Crippen LogP contribution in [-0.2, 0) is 38.5 Å². The lowest BCUT2D eigenvalue weighted by molar-refractivity contribution is -0.192. The van der Waals surface area contributed by atoms with Gasteiger partial charge < -0.3 is 24.1 Å². The Labute approximate surface area is 230 Å². The third-order valence-electron chi connectivity index (χ3n) is 7.17. The first-order valence-electron chi connectivity index (χ1n) is 13.5. The third kappa shape index (κ3) is 7.10. The van der Waals surface area contributed by atoms with Gasteiger partial charge in [-0.15, -0.1) is 11.3 Å². The van der Waals surface area contributed by atoms with Crippen LogP contribution in [0, 0.1) is 6.92 Å². The van der Waals surface area contributed by atoms with Crippen molar-refractivity contribution < 1.29 is 24.1 Å². The molecule has 38 heavy (non-hydrogen) atoms. The summed E-state index contributed by atoms with van der Waals surface area (Å²) in [7, 11) is 0. The Morgan fingerprint density at radius 3 is 2.61 bits per heavy atom. The molecule has 0 amide bonds. The van der Waals surface area contributed by atoms with Crippen LogP contribution in [0.3, 0.4) is 0 Å². The maximum atomic E-state index is 9.41. The van der Waals surface area contributed by atoms with Crippen LogP contribution in [0.25, 0.3) is 10.4 Å². The molecule has 3 aliphatic rings. The van der Waals surface area contributed by atoms with Crippen molar-refractivity contribution in [1.82, 2.24) is 4.90 Å². The highest BCUT2D eigenvalue weighted by molar-refractivity contribution is 7.15. The van der Waals surface area contributed by atoms with E-state index >= 15 is 0 Å². The molecular weight excluding hydrogens is 498 g/mol. The van der Waals surface area contributed by atoms with Crippen LogP contribution in [0.2, 0.25) is 0 Å². The molecule has 2 aromatic carbocycles. The molecule has 3 fully saturated rings. The van der Waals surface area contributed by atoms with Gasteiger partial charge in [-0.25, -0.2) is 0 Å². The first kappa shape index (κ1) is 27.5. The number of hydrogen-bond acceptors (Lipinski definition) is 7. The van der Waals surface area contributed by atoms with Crippen molar-refractivity contribution in [2.75, 3.05) is 32.9 Å². The second kappa shape index (κ2) is 12.4. The smallest absolute Gasteiger partial charge is 0.187 e. The number of rotatable bonds is 6.